The number of nitrogens with zero attached hydrogens (tertiary/aromatic N) is 4. The topological polar surface area (TPSA) is 43.6 Å². The van der Waals surface area contributed by atoms with Gasteiger partial charge in [-0.3, -0.25) is 14.6 Å². The monoisotopic (exact) mass is 282 g/mol. The molecule has 0 bridgehead atoms. The van der Waals surface area contributed by atoms with E-state index < -0.39 is 0 Å². The van der Waals surface area contributed by atoms with E-state index in [4.69, 9.17) is 0 Å². The molecule has 0 aliphatic rings. The summed E-state index contributed by atoms with van der Waals surface area (Å²) in [5.41, 5.74) is 6.42. The predicted octanol–water partition coefficient (Wildman–Crippen LogP) is 3.59. The van der Waals surface area contributed by atoms with Crippen molar-refractivity contribution in [2.45, 2.75) is 34.6 Å². The molecule has 2 heterocycles. The average Bonchev–Trinajstić information content (AvgIpc) is 2.73. The minimum Gasteiger partial charge on any atom is -0.272 e. The molecule has 0 saturated heterocycles. The Hall–Kier alpha value is -2.23. The highest BCUT2D eigenvalue weighted by molar-refractivity contribution is 5.81. The van der Waals surface area contributed by atoms with Crippen molar-refractivity contribution in [2.75, 3.05) is 0 Å². The van der Waals surface area contributed by atoms with Crippen LogP contribution >= 0.6 is 0 Å². The van der Waals surface area contributed by atoms with Crippen LogP contribution in [0.1, 0.15) is 28.5 Å². The lowest BCUT2D eigenvalue weighted by molar-refractivity contribution is 0.751. The molecule has 0 amide bonds. The normalized spacial score (nSPS) is 10.4. The Balaban J connectivity index is 0.000000155. The van der Waals surface area contributed by atoms with Gasteiger partial charge < -0.3 is 0 Å². The Labute approximate surface area is 125 Å². The first-order valence-electron chi connectivity index (χ1n) is 7.07. The first kappa shape index (κ1) is 15.2. The van der Waals surface area contributed by atoms with Gasteiger partial charge in [-0.2, -0.15) is 5.10 Å². The van der Waals surface area contributed by atoms with Gasteiger partial charge in [-0.1, -0.05) is 18.2 Å². The van der Waals surface area contributed by atoms with Gasteiger partial charge in [-0.15, -0.1) is 0 Å². The highest BCUT2D eigenvalue weighted by Gasteiger charge is 2.01. The summed E-state index contributed by atoms with van der Waals surface area (Å²) in [6.45, 7) is 10.0. The molecule has 0 aliphatic heterocycles. The highest BCUT2D eigenvalue weighted by atomic mass is 15.3. The molecule has 110 valence electrons. The maximum absolute atomic E-state index is 4.33. The van der Waals surface area contributed by atoms with E-state index in [-0.39, 0.29) is 0 Å². The molecule has 4 nitrogen and oxygen atoms in total. The second kappa shape index (κ2) is 6.04. The standard InChI is InChI=1S/C9H10N2.C8H12N2/c1-7-8-5-3-4-6-9(8)10-11(7)2;1-5-6(2)10-8(4)7(3)9-5/h3-6H,1-2H3;1-4H3. The molecule has 0 spiro atoms. The van der Waals surface area contributed by atoms with E-state index in [0.29, 0.717) is 0 Å². The van der Waals surface area contributed by atoms with Gasteiger partial charge in [0, 0.05) is 18.1 Å². The summed E-state index contributed by atoms with van der Waals surface area (Å²) in [5.74, 6) is 0. The summed E-state index contributed by atoms with van der Waals surface area (Å²) < 4.78 is 1.91. The van der Waals surface area contributed by atoms with Gasteiger partial charge in [0.2, 0.25) is 0 Å². The van der Waals surface area contributed by atoms with Crippen LogP contribution in [0.15, 0.2) is 24.3 Å². The third kappa shape index (κ3) is 3.27. The van der Waals surface area contributed by atoms with Crippen LogP contribution in [-0.4, -0.2) is 19.7 Å². The summed E-state index contributed by atoms with van der Waals surface area (Å²) in [7, 11) is 1.97. The molecular weight excluding hydrogens is 260 g/mol. The lowest BCUT2D eigenvalue weighted by Crippen LogP contribution is -1.97. The second-order valence-electron chi connectivity index (χ2n) is 5.29. The van der Waals surface area contributed by atoms with Crippen molar-refractivity contribution in [1.82, 2.24) is 19.7 Å². The quantitative estimate of drug-likeness (QED) is 0.633. The molecule has 0 aliphatic carbocycles. The third-order valence-corrected chi connectivity index (χ3v) is 3.76. The molecule has 0 atom stereocenters. The first-order valence-corrected chi connectivity index (χ1v) is 7.07. The van der Waals surface area contributed by atoms with Gasteiger partial charge in [-0.25, -0.2) is 0 Å². The Morgan fingerprint density at radius 3 is 1.71 bits per heavy atom. The van der Waals surface area contributed by atoms with Crippen LogP contribution in [0.3, 0.4) is 0 Å². The number of benzene rings is 1. The van der Waals surface area contributed by atoms with E-state index in [1.165, 1.54) is 11.1 Å². The van der Waals surface area contributed by atoms with E-state index in [9.17, 15) is 0 Å². The fraction of sp³-hybridized carbons (Fsp3) is 0.353. The van der Waals surface area contributed by atoms with Crippen LogP contribution in [0, 0.1) is 34.6 Å². The van der Waals surface area contributed by atoms with Crippen LogP contribution in [0.5, 0.6) is 0 Å². The van der Waals surface area contributed by atoms with Gasteiger partial charge in [0.25, 0.3) is 0 Å². The van der Waals surface area contributed by atoms with Crippen molar-refractivity contribution in [1.29, 1.82) is 0 Å². The van der Waals surface area contributed by atoms with Crippen LogP contribution in [0.25, 0.3) is 10.9 Å². The molecule has 0 saturated carbocycles. The van der Waals surface area contributed by atoms with Gasteiger partial charge in [0.15, 0.2) is 0 Å². The van der Waals surface area contributed by atoms with Crippen LogP contribution < -0.4 is 0 Å². The second-order valence-corrected chi connectivity index (χ2v) is 5.29. The minimum absolute atomic E-state index is 1.03. The summed E-state index contributed by atoms with van der Waals surface area (Å²) in [6, 6.07) is 8.17. The highest BCUT2D eigenvalue weighted by Crippen LogP contribution is 2.15. The molecule has 0 unspecified atom stereocenters. The molecule has 2 aromatic heterocycles. The lowest BCUT2D eigenvalue weighted by atomic mass is 10.2. The van der Waals surface area contributed by atoms with Crippen LogP contribution in [-0.2, 0) is 7.05 Å². The molecule has 0 N–H and O–H groups in total. The van der Waals surface area contributed by atoms with E-state index in [2.05, 4.69) is 28.1 Å². The number of hydrogen-bond acceptors (Lipinski definition) is 3. The number of aryl methyl sites for hydroxylation is 6. The summed E-state index contributed by atoms with van der Waals surface area (Å²) in [5, 5.41) is 5.57. The Bertz CT molecular complexity index is 722. The smallest absolute Gasteiger partial charge is 0.0926 e. The van der Waals surface area contributed by atoms with E-state index in [1.807, 2.05) is 57.6 Å². The zero-order chi connectivity index (χ0) is 15.6. The van der Waals surface area contributed by atoms with Crippen molar-refractivity contribution in [3.05, 3.63) is 52.7 Å². The van der Waals surface area contributed by atoms with Crippen molar-refractivity contribution < 1.29 is 0 Å². The first-order chi connectivity index (χ1) is 9.90. The lowest BCUT2D eigenvalue weighted by Gasteiger charge is -2.01. The number of hydrogen-bond donors (Lipinski definition) is 0. The van der Waals surface area contributed by atoms with Crippen molar-refractivity contribution >= 4 is 10.9 Å². The molecule has 3 aromatic rings. The fourth-order valence-electron chi connectivity index (χ4n) is 2.10. The largest absolute Gasteiger partial charge is 0.272 e. The zero-order valence-electron chi connectivity index (χ0n) is 13.6. The van der Waals surface area contributed by atoms with Crippen LogP contribution in [0.2, 0.25) is 0 Å². The summed E-state index contributed by atoms with van der Waals surface area (Å²) >= 11 is 0. The van der Waals surface area contributed by atoms with Gasteiger partial charge in [0.1, 0.15) is 0 Å². The van der Waals surface area contributed by atoms with Crippen molar-refractivity contribution in [3.8, 4) is 0 Å². The van der Waals surface area contributed by atoms with Crippen molar-refractivity contribution in [3.63, 3.8) is 0 Å². The van der Waals surface area contributed by atoms with Crippen molar-refractivity contribution in [2.24, 2.45) is 7.05 Å². The molecule has 0 fully saturated rings. The third-order valence-electron chi connectivity index (χ3n) is 3.76. The Morgan fingerprint density at radius 2 is 1.24 bits per heavy atom. The fourth-order valence-corrected chi connectivity index (χ4v) is 2.10. The molecule has 4 heteroatoms. The minimum atomic E-state index is 1.03. The molecular formula is C17H22N4. The Morgan fingerprint density at radius 1 is 0.762 bits per heavy atom. The summed E-state index contributed by atoms with van der Waals surface area (Å²) in [6.07, 6.45) is 0. The van der Waals surface area contributed by atoms with Crippen LogP contribution in [0.4, 0.5) is 0 Å². The maximum atomic E-state index is 4.33. The SMILES string of the molecule is Cc1c2ccccc2nn1C.Cc1nc(C)c(C)nc1C. The maximum Gasteiger partial charge on any atom is 0.0926 e. The Kier molecular flexibility index (Phi) is 4.36. The van der Waals surface area contributed by atoms with Gasteiger partial charge in [-0.05, 0) is 40.7 Å². The molecule has 3 rings (SSSR count). The van der Waals surface area contributed by atoms with E-state index in [1.54, 1.807) is 0 Å². The number of rotatable bonds is 0. The molecule has 21 heavy (non-hydrogen) atoms. The van der Waals surface area contributed by atoms with Gasteiger partial charge >= 0.3 is 0 Å². The molecule has 0 radical (unpaired) electrons. The van der Waals surface area contributed by atoms with Gasteiger partial charge in [0.05, 0.1) is 28.3 Å². The average molecular weight is 282 g/mol. The zero-order valence-corrected chi connectivity index (χ0v) is 13.6. The number of fused-ring (bicyclic) bond motifs is 1. The molecule has 1 aromatic carbocycles. The van der Waals surface area contributed by atoms with E-state index in [0.717, 1.165) is 28.3 Å². The predicted molar refractivity (Wildman–Crippen MR) is 86.4 cm³/mol. The summed E-state index contributed by atoms with van der Waals surface area (Å²) in [4.78, 5) is 8.62. The van der Waals surface area contributed by atoms with E-state index >= 15 is 0 Å². The number of aromatic nitrogens is 4.